The minimum Gasteiger partial charge on any atom is -0.381 e. The highest BCUT2D eigenvalue weighted by atomic mass is 19.4. The normalized spacial score (nSPS) is 11.7. The van der Waals surface area contributed by atoms with E-state index in [2.05, 4.69) is 30.5 Å². The van der Waals surface area contributed by atoms with E-state index in [1.54, 1.807) is 46.0 Å². The highest BCUT2D eigenvalue weighted by Gasteiger charge is 2.33. The predicted molar refractivity (Wildman–Crippen MR) is 120 cm³/mol. The van der Waals surface area contributed by atoms with Gasteiger partial charge in [0.2, 0.25) is 0 Å². The molecule has 10 nitrogen and oxygen atoms in total. The first-order chi connectivity index (χ1) is 16.7. The van der Waals surface area contributed by atoms with Crippen molar-refractivity contribution in [2.75, 3.05) is 11.1 Å². The summed E-state index contributed by atoms with van der Waals surface area (Å²) in [6.45, 7) is 1.86. The lowest BCUT2D eigenvalue weighted by molar-refractivity contribution is -0.141. The number of nitrogens with one attached hydrogen (secondary N) is 1. The highest BCUT2D eigenvalue weighted by molar-refractivity contribution is 6.04. The fourth-order valence-electron chi connectivity index (χ4n) is 3.48. The van der Waals surface area contributed by atoms with Gasteiger partial charge in [-0.05, 0) is 36.8 Å². The fourth-order valence-corrected chi connectivity index (χ4v) is 3.48. The van der Waals surface area contributed by atoms with Crippen LogP contribution in [0.3, 0.4) is 0 Å². The molecule has 5 rings (SSSR count). The maximum absolute atomic E-state index is 12.9. The number of halogens is 3. The van der Waals surface area contributed by atoms with Crippen molar-refractivity contribution >= 4 is 23.1 Å². The average Bonchev–Trinajstić information content (AvgIpc) is 3.48. The summed E-state index contributed by atoms with van der Waals surface area (Å²) in [5, 5.41) is 11.2. The molecule has 0 saturated carbocycles. The van der Waals surface area contributed by atoms with Crippen LogP contribution in [0.15, 0.2) is 61.4 Å². The van der Waals surface area contributed by atoms with Crippen molar-refractivity contribution in [2.24, 2.45) is 0 Å². The number of rotatable bonds is 4. The quantitative estimate of drug-likeness (QED) is 0.403. The summed E-state index contributed by atoms with van der Waals surface area (Å²) in [5.41, 5.74) is 8.21. The number of nitrogens with zero attached hydrogens (tertiary/aromatic N) is 7. The van der Waals surface area contributed by atoms with Gasteiger partial charge in [-0.2, -0.15) is 23.4 Å². The molecule has 1 amide bonds. The minimum absolute atomic E-state index is 0.162. The van der Waals surface area contributed by atoms with Gasteiger partial charge in [0.05, 0.1) is 23.8 Å². The molecule has 4 aromatic heterocycles. The summed E-state index contributed by atoms with van der Waals surface area (Å²) >= 11 is 0. The molecule has 0 aliphatic heterocycles. The van der Waals surface area contributed by atoms with Crippen LogP contribution in [0.5, 0.6) is 0 Å². The molecule has 176 valence electrons. The maximum Gasteiger partial charge on any atom is 0.433 e. The van der Waals surface area contributed by atoms with Crippen molar-refractivity contribution in [3.63, 3.8) is 0 Å². The molecule has 35 heavy (non-hydrogen) atoms. The largest absolute Gasteiger partial charge is 0.433 e. The molecule has 0 fully saturated rings. The standard InChI is InChI=1S/C22H16F3N9O/c1-12-2-3-15(32-21(35)13-4-5-27-18(6-13)22(23,24)25)7-16(12)33-10-14(8-30-33)17-9-28-20-19(26)29-11-31-34(17)20/h2-11H,1H3,(H,32,35)(H2,26,29,31). The average molecular weight is 479 g/mol. The van der Waals surface area contributed by atoms with Gasteiger partial charge >= 0.3 is 6.18 Å². The van der Waals surface area contributed by atoms with Gasteiger partial charge < -0.3 is 11.1 Å². The van der Waals surface area contributed by atoms with Crippen LogP contribution in [0.2, 0.25) is 0 Å². The van der Waals surface area contributed by atoms with Gasteiger partial charge in [0.1, 0.15) is 12.0 Å². The molecule has 0 bridgehead atoms. The van der Waals surface area contributed by atoms with E-state index < -0.39 is 17.8 Å². The monoisotopic (exact) mass is 479 g/mol. The Labute approximate surface area is 195 Å². The van der Waals surface area contributed by atoms with E-state index in [0.29, 0.717) is 34.3 Å². The lowest BCUT2D eigenvalue weighted by atomic mass is 10.1. The van der Waals surface area contributed by atoms with Gasteiger partial charge in [-0.25, -0.2) is 19.2 Å². The van der Waals surface area contributed by atoms with Crippen LogP contribution in [0, 0.1) is 6.92 Å². The Kier molecular flexibility index (Phi) is 5.16. The fraction of sp³-hybridized carbons (Fsp3) is 0.0909. The highest BCUT2D eigenvalue weighted by Crippen LogP contribution is 2.28. The third kappa shape index (κ3) is 4.14. The number of alkyl halides is 3. The number of aryl methyl sites for hydroxylation is 1. The van der Waals surface area contributed by atoms with Gasteiger partial charge in [-0.3, -0.25) is 9.78 Å². The van der Waals surface area contributed by atoms with Gasteiger partial charge in [0.15, 0.2) is 11.5 Å². The summed E-state index contributed by atoms with van der Waals surface area (Å²) < 4.78 is 42.0. The SMILES string of the molecule is Cc1ccc(NC(=O)c2ccnc(C(F)(F)F)c2)cc1-n1cc(-c2cnc3c(N)ncnn23)cn1. The Morgan fingerprint density at radius 3 is 2.69 bits per heavy atom. The number of anilines is 2. The third-order valence-corrected chi connectivity index (χ3v) is 5.24. The molecule has 1 aromatic carbocycles. The zero-order valence-electron chi connectivity index (χ0n) is 18.0. The van der Waals surface area contributed by atoms with Crippen molar-refractivity contribution in [3.05, 3.63) is 78.3 Å². The predicted octanol–water partition coefficient (Wildman–Crippen LogP) is 3.53. The van der Waals surface area contributed by atoms with E-state index in [-0.39, 0.29) is 11.4 Å². The Hall–Kier alpha value is -4.81. The van der Waals surface area contributed by atoms with Crippen LogP contribution in [-0.2, 0) is 6.18 Å². The number of hydrogen-bond donors (Lipinski definition) is 2. The lowest BCUT2D eigenvalue weighted by Gasteiger charge is -2.11. The number of hydrogen-bond acceptors (Lipinski definition) is 7. The second-order valence-corrected chi connectivity index (χ2v) is 7.58. The second-order valence-electron chi connectivity index (χ2n) is 7.58. The zero-order chi connectivity index (χ0) is 24.7. The van der Waals surface area contributed by atoms with Crippen molar-refractivity contribution < 1.29 is 18.0 Å². The molecule has 4 heterocycles. The maximum atomic E-state index is 12.9. The number of benzene rings is 1. The van der Waals surface area contributed by atoms with Crippen LogP contribution < -0.4 is 11.1 Å². The van der Waals surface area contributed by atoms with Crippen LogP contribution in [0.25, 0.3) is 22.6 Å². The number of nitrogens with two attached hydrogens (primary N) is 1. The van der Waals surface area contributed by atoms with E-state index in [9.17, 15) is 18.0 Å². The zero-order valence-corrected chi connectivity index (χ0v) is 18.0. The summed E-state index contributed by atoms with van der Waals surface area (Å²) in [4.78, 5) is 24.0. The number of pyridine rings is 1. The molecule has 13 heteroatoms. The molecule has 0 radical (unpaired) electrons. The number of carbonyl (C=O) groups excluding carboxylic acids is 1. The van der Waals surface area contributed by atoms with Crippen LogP contribution >= 0.6 is 0 Å². The Balaban J connectivity index is 1.43. The van der Waals surface area contributed by atoms with Crippen molar-refractivity contribution in [3.8, 4) is 16.9 Å². The smallest absolute Gasteiger partial charge is 0.381 e. The molecule has 0 spiro atoms. The van der Waals surface area contributed by atoms with Crippen LogP contribution in [-0.4, -0.2) is 40.3 Å². The first kappa shape index (κ1) is 22.0. The molecule has 0 aliphatic carbocycles. The number of nitrogen functional groups attached to an aromatic ring is 1. The van der Waals surface area contributed by atoms with Crippen LogP contribution in [0.4, 0.5) is 24.7 Å². The van der Waals surface area contributed by atoms with E-state index in [1.165, 1.54) is 12.4 Å². The Bertz CT molecular complexity index is 1570. The number of imidazole rings is 1. The molecule has 3 N–H and O–H groups in total. The summed E-state index contributed by atoms with van der Waals surface area (Å²) in [6.07, 6.45) is 2.62. The topological polar surface area (TPSA) is 129 Å². The summed E-state index contributed by atoms with van der Waals surface area (Å²) in [7, 11) is 0. The van der Waals surface area contributed by atoms with E-state index in [1.807, 2.05) is 6.92 Å². The van der Waals surface area contributed by atoms with Gasteiger partial charge in [0, 0.05) is 29.2 Å². The molecule has 0 atom stereocenters. The van der Waals surface area contributed by atoms with E-state index in [4.69, 9.17) is 5.73 Å². The molecular formula is C22H16F3N9O. The first-order valence-electron chi connectivity index (χ1n) is 10.2. The molecule has 5 aromatic rings. The summed E-state index contributed by atoms with van der Waals surface area (Å²) in [5.74, 6) is -0.452. The van der Waals surface area contributed by atoms with Gasteiger partial charge in [-0.15, -0.1) is 0 Å². The van der Waals surface area contributed by atoms with E-state index >= 15 is 0 Å². The van der Waals surface area contributed by atoms with Crippen molar-refractivity contribution in [1.82, 2.24) is 34.3 Å². The second kappa shape index (κ2) is 8.20. The van der Waals surface area contributed by atoms with Crippen LogP contribution in [0.1, 0.15) is 21.6 Å². The minimum atomic E-state index is -4.65. The number of fused-ring (bicyclic) bond motifs is 1. The number of carbonyl (C=O) groups is 1. The van der Waals surface area contributed by atoms with E-state index in [0.717, 1.165) is 11.8 Å². The molecular weight excluding hydrogens is 463 g/mol. The number of aromatic nitrogens is 7. The summed E-state index contributed by atoms with van der Waals surface area (Å²) in [6, 6.07) is 7.01. The van der Waals surface area contributed by atoms with Gasteiger partial charge in [-0.1, -0.05) is 6.07 Å². The van der Waals surface area contributed by atoms with Gasteiger partial charge in [0.25, 0.3) is 5.91 Å². The van der Waals surface area contributed by atoms with Crippen molar-refractivity contribution in [1.29, 1.82) is 0 Å². The Morgan fingerprint density at radius 1 is 1.06 bits per heavy atom. The third-order valence-electron chi connectivity index (χ3n) is 5.24. The number of amides is 1. The Morgan fingerprint density at radius 2 is 1.89 bits per heavy atom. The molecule has 0 saturated heterocycles. The molecule has 0 aliphatic rings. The van der Waals surface area contributed by atoms with Crippen molar-refractivity contribution in [2.45, 2.75) is 13.1 Å². The first-order valence-corrected chi connectivity index (χ1v) is 10.2. The lowest BCUT2D eigenvalue weighted by Crippen LogP contribution is -2.15. The molecule has 0 unspecified atom stereocenters.